The van der Waals surface area contributed by atoms with E-state index in [0.717, 1.165) is 12.1 Å². The summed E-state index contributed by atoms with van der Waals surface area (Å²) >= 11 is 0. The van der Waals surface area contributed by atoms with Crippen molar-refractivity contribution in [2.75, 3.05) is 31.7 Å². The minimum atomic E-state index is -0.151. The molecule has 1 aliphatic heterocycles. The predicted octanol–water partition coefficient (Wildman–Crippen LogP) is -0.218. The van der Waals surface area contributed by atoms with Gasteiger partial charge in [0, 0.05) is 31.0 Å². The van der Waals surface area contributed by atoms with Crippen LogP contribution in [-0.2, 0) is 11.3 Å². The molecule has 0 spiro atoms. The number of rotatable bonds is 4. The zero-order valence-electron chi connectivity index (χ0n) is 10.8. The van der Waals surface area contributed by atoms with Crippen LogP contribution in [0.1, 0.15) is 12.5 Å². The van der Waals surface area contributed by atoms with Crippen LogP contribution in [0, 0.1) is 0 Å². The predicted molar refractivity (Wildman–Crippen MR) is 68.4 cm³/mol. The number of aliphatic hydroxyl groups is 1. The highest BCUT2D eigenvalue weighted by Crippen LogP contribution is 2.17. The fourth-order valence-electron chi connectivity index (χ4n) is 2.00. The first-order valence-electron chi connectivity index (χ1n) is 6.19. The van der Waals surface area contributed by atoms with E-state index in [1.807, 2.05) is 19.4 Å². The maximum absolute atomic E-state index is 9.16. The second-order valence-corrected chi connectivity index (χ2v) is 4.56. The summed E-state index contributed by atoms with van der Waals surface area (Å²) in [7, 11) is 1.89. The molecule has 0 aliphatic carbocycles. The summed E-state index contributed by atoms with van der Waals surface area (Å²) in [5, 5.41) is 12.2. The normalized spacial score (nSPS) is 24.3. The summed E-state index contributed by atoms with van der Waals surface area (Å²) < 4.78 is 5.50. The Morgan fingerprint density at radius 3 is 2.83 bits per heavy atom. The van der Waals surface area contributed by atoms with E-state index in [2.05, 4.69) is 27.1 Å². The van der Waals surface area contributed by atoms with Crippen LogP contribution in [0.2, 0.25) is 0 Å². The highest BCUT2D eigenvalue weighted by Gasteiger charge is 2.27. The van der Waals surface area contributed by atoms with E-state index in [1.165, 1.54) is 0 Å². The van der Waals surface area contributed by atoms with E-state index in [-0.39, 0.29) is 18.8 Å². The minimum absolute atomic E-state index is 0.0288. The molecule has 0 amide bonds. The molecule has 0 radical (unpaired) electrons. The lowest BCUT2D eigenvalue weighted by Crippen LogP contribution is -2.50. The number of hydrogen-bond donors (Lipinski definition) is 2. The zero-order chi connectivity index (χ0) is 13.0. The number of morpholine rings is 1. The van der Waals surface area contributed by atoms with Crippen LogP contribution in [0.4, 0.5) is 5.95 Å². The van der Waals surface area contributed by atoms with Crippen LogP contribution in [0.25, 0.3) is 0 Å². The van der Waals surface area contributed by atoms with Crippen molar-refractivity contribution >= 4 is 5.95 Å². The van der Waals surface area contributed by atoms with Crippen LogP contribution in [0.3, 0.4) is 0 Å². The van der Waals surface area contributed by atoms with Gasteiger partial charge in [0.1, 0.15) is 0 Å². The molecule has 2 heterocycles. The SMILES string of the molecule is CNCc1cnc(N2CC(CO)OCC2C)nc1. The van der Waals surface area contributed by atoms with Gasteiger partial charge in [-0.2, -0.15) is 0 Å². The smallest absolute Gasteiger partial charge is 0.225 e. The molecule has 0 saturated carbocycles. The maximum atomic E-state index is 9.16. The van der Waals surface area contributed by atoms with Crippen molar-refractivity contribution in [3.8, 4) is 0 Å². The molecule has 2 N–H and O–H groups in total. The third kappa shape index (κ3) is 2.95. The number of ether oxygens (including phenoxy) is 1. The van der Waals surface area contributed by atoms with E-state index in [0.29, 0.717) is 19.1 Å². The van der Waals surface area contributed by atoms with Gasteiger partial charge in [0.15, 0.2) is 0 Å². The van der Waals surface area contributed by atoms with Crippen LogP contribution in [0.5, 0.6) is 0 Å². The highest BCUT2D eigenvalue weighted by molar-refractivity contribution is 5.32. The van der Waals surface area contributed by atoms with Gasteiger partial charge in [-0.1, -0.05) is 0 Å². The molecule has 6 heteroatoms. The quantitative estimate of drug-likeness (QED) is 0.772. The van der Waals surface area contributed by atoms with Crippen molar-refractivity contribution in [2.24, 2.45) is 0 Å². The lowest BCUT2D eigenvalue weighted by molar-refractivity contribution is -0.0108. The topological polar surface area (TPSA) is 70.5 Å². The molecule has 1 aromatic heterocycles. The second kappa shape index (κ2) is 6.08. The van der Waals surface area contributed by atoms with Crippen LogP contribution in [-0.4, -0.2) is 54.0 Å². The van der Waals surface area contributed by atoms with Crippen LogP contribution < -0.4 is 10.2 Å². The monoisotopic (exact) mass is 252 g/mol. The Labute approximate surface area is 107 Å². The molecule has 6 nitrogen and oxygen atoms in total. The van der Waals surface area contributed by atoms with Gasteiger partial charge in [-0.15, -0.1) is 0 Å². The molecule has 2 unspecified atom stereocenters. The van der Waals surface area contributed by atoms with E-state index >= 15 is 0 Å². The summed E-state index contributed by atoms with van der Waals surface area (Å²) in [6.07, 6.45) is 3.51. The van der Waals surface area contributed by atoms with E-state index in [9.17, 15) is 0 Å². The van der Waals surface area contributed by atoms with Crippen molar-refractivity contribution in [3.05, 3.63) is 18.0 Å². The Bertz CT molecular complexity index is 371. The number of nitrogens with one attached hydrogen (secondary N) is 1. The van der Waals surface area contributed by atoms with Gasteiger partial charge in [-0.25, -0.2) is 9.97 Å². The molecule has 1 aliphatic rings. The molecule has 2 rings (SSSR count). The molecule has 18 heavy (non-hydrogen) atoms. The van der Waals surface area contributed by atoms with Gasteiger partial charge >= 0.3 is 0 Å². The van der Waals surface area contributed by atoms with Crippen molar-refractivity contribution in [1.29, 1.82) is 0 Å². The Balaban J connectivity index is 2.08. The van der Waals surface area contributed by atoms with E-state index in [1.54, 1.807) is 0 Å². The number of aliphatic hydroxyl groups excluding tert-OH is 1. The van der Waals surface area contributed by atoms with Gasteiger partial charge in [0.05, 0.1) is 25.4 Å². The van der Waals surface area contributed by atoms with Crippen LogP contribution in [0.15, 0.2) is 12.4 Å². The summed E-state index contributed by atoms with van der Waals surface area (Å²) in [5.74, 6) is 0.698. The molecule has 1 aromatic rings. The van der Waals surface area contributed by atoms with E-state index < -0.39 is 0 Å². The minimum Gasteiger partial charge on any atom is -0.394 e. The summed E-state index contributed by atoms with van der Waals surface area (Å²) in [6.45, 7) is 4.08. The average molecular weight is 252 g/mol. The largest absolute Gasteiger partial charge is 0.394 e. The maximum Gasteiger partial charge on any atom is 0.225 e. The van der Waals surface area contributed by atoms with Crippen LogP contribution >= 0.6 is 0 Å². The zero-order valence-corrected chi connectivity index (χ0v) is 10.8. The fourth-order valence-corrected chi connectivity index (χ4v) is 2.00. The molecule has 1 saturated heterocycles. The summed E-state index contributed by atoms with van der Waals surface area (Å²) in [5.41, 5.74) is 1.06. The molecule has 100 valence electrons. The van der Waals surface area contributed by atoms with Crippen molar-refractivity contribution in [1.82, 2.24) is 15.3 Å². The molecule has 1 fully saturated rings. The van der Waals surface area contributed by atoms with Crippen molar-refractivity contribution in [3.63, 3.8) is 0 Å². The third-order valence-electron chi connectivity index (χ3n) is 3.04. The highest BCUT2D eigenvalue weighted by atomic mass is 16.5. The van der Waals surface area contributed by atoms with Gasteiger partial charge in [-0.3, -0.25) is 0 Å². The standard InChI is InChI=1S/C12H20N4O2/c1-9-8-18-11(7-17)6-16(9)12-14-4-10(3-13-2)5-15-12/h4-5,9,11,13,17H,3,6-8H2,1-2H3. The number of hydrogen-bond acceptors (Lipinski definition) is 6. The molecular formula is C12H20N4O2. The lowest BCUT2D eigenvalue weighted by Gasteiger charge is -2.37. The third-order valence-corrected chi connectivity index (χ3v) is 3.04. The number of anilines is 1. The van der Waals surface area contributed by atoms with Gasteiger partial charge in [0.2, 0.25) is 5.95 Å². The number of nitrogens with zero attached hydrogens (tertiary/aromatic N) is 3. The lowest BCUT2D eigenvalue weighted by atomic mass is 10.2. The first kappa shape index (κ1) is 13.2. The Morgan fingerprint density at radius 1 is 1.50 bits per heavy atom. The first-order chi connectivity index (χ1) is 8.74. The van der Waals surface area contributed by atoms with Crippen molar-refractivity contribution < 1.29 is 9.84 Å². The average Bonchev–Trinajstić information content (AvgIpc) is 2.41. The fraction of sp³-hybridized carbons (Fsp3) is 0.667. The Kier molecular flexibility index (Phi) is 4.46. The van der Waals surface area contributed by atoms with Gasteiger partial charge in [-0.05, 0) is 14.0 Å². The molecule has 0 aromatic carbocycles. The van der Waals surface area contributed by atoms with Crippen molar-refractivity contribution in [2.45, 2.75) is 25.6 Å². The Morgan fingerprint density at radius 2 is 2.22 bits per heavy atom. The molecular weight excluding hydrogens is 232 g/mol. The number of aromatic nitrogens is 2. The van der Waals surface area contributed by atoms with Gasteiger partial charge < -0.3 is 20.1 Å². The second-order valence-electron chi connectivity index (χ2n) is 4.56. The van der Waals surface area contributed by atoms with E-state index in [4.69, 9.17) is 9.84 Å². The Hall–Kier alpha value is -1.24. The molecule has 2 atom stereocenters. The summed E-state index contributed by atoms with van der Waals surface area (Å²) in [4.78, 5) is 10.8. The van der Waals surface area contributed by atoms with Gasteiger partial charge in [0.25, 0.3) is 0 Å². The first-order valence-corrected chi connectivity index (χ1v) is 6.19. The summed E-state index contributed by atoms with van der Waals surface area (Å²) in [6, 6.07) is 0.225. The molecule has 0 bridgehead atoms.